The average molecular weight is 310 g/mol. The van der Waals surface area contributed by atoms with Gasteiger partial charge in [0.05, 0.1) is 12.7 Å². The van der Waals surface area contributed by atoms with Crippen molar-refractivity contribution in [1.29, 1.82) is 0 Å². The molecule has 2 heterocycles. The lowest BCUT2D eigenvalue weighted by Gasteiger charge is -2.13. The van der Waals surface area contributed by atoms with Gasteiger partial charge >= 0.3 is 0 Å². The van der Waals surface area contributed by atoms with Crippen LogP contribution in [0.1, 0.15) is 10.9 Å². The molecule has 1 atom stereocenters. The molecular weight excluding hydrogens is 296 g/mol. The number of fused-ring (bicyclic) bond motifs is 1. The molecule has 0 saturated carbocycles. The Hall–Kier alpha value is -2.47. The summed E-state index contributed by atoms with van der Waals surface area (Å²) in [5, 5.41) is 9.57. The first-order chi connectivity index (χ1) is 10.9. The number of nitrogens with one attached hydrogen (secondary N) is 1. The molecule has 0 saturated heterocycles. The van der Waals surface area contributed by atoms with Gasteiger partial charge in [-0.1, -0.05) is 54.2 Å². The van der Waals surface area contributed by atoms with Crippen LogP contribution in [0.15, 0.2) is 59.8 Å². The van der Waals surface area contributed by atoms with E-state index in [0.717, 1.165) is 22.3 Å². The first kappa shape index (κ1) is 13.2. The number of nitrogens with zero attached hydrogens (tertiary/aromatic N) is 3. The highest BCUT2D eigenvalue weighted by Crippen LogP contribution is 2.41. The van der Waals surface area contributed by atoms with Crippen LogP contribution in [0.25, 0.3) is 11.4 Å². The highest BCUT2D eigenvalue weighted by Gasteiger charge is 2.28. The minimum Gasteiger partial charge on any atom is -0.496 e. The van der Waals surface area contributed by atoms with E-state index in [9.17, 15) is 0 Å². The fourth-order valence-electron chi connectivity index (χ4n) is 2.49. The summed E-state index contributed by atoms with van der Waals surface area (Å²) in [6.45, 7) is 0. The molecule has 0 unspecified atom stereocenters. The zero-order valence-electron chi connectivity index (χ0n) is 11.9. The van der Waals surface area contributed by atoms with Crippen LogP contribution in [0, 0.1) is 0 Å². The summed E-state index contributed by atoms with van der Waals surface area (Å²) in [6, 6.07) is 18.1. The van der Waals surface area contributed by atoms with E-state index in [0.29, 0.717) is 0 Å². The summed E-state index contributed by atoms with van der Waals surface area (Å²) < 4.78 is 7.36. The maximum absolute atomic E-state index is 5.42. The molecular formula is C16H14N4OS. The smallest absolute Gasteiger partial charge is 0.212 e. The SMILES string of the molecule is COc1ccccc1-c1nnc2n1N[C@@H](c1ccccc1)S2. The molecule has 0 radical (unpaired) electrons. The number of hydrogen-bond donors (Lipinski definition) is 1. The molecule has 6 heteroatoms. The van der Waals surface area contributed by atoms with Gasteiger partial charge < -0.3 is 10.2 Å². The van der Waals surface area contributed by atoms with Crippen molar-refractivity contribution >= 4 is 11.8 Å². The van der Waals surface area contributed by atoms with E-state index in [-0.39, 0.29) is 5.37 Å². The summed E-state index contributed by atoms with van der Waals surface area (Å²) >= 11 is 1.66. The Morgan fingerprint density at radius 1 is 1.05 bits per heavy atom. The third kappa shape index (κ3) is 2.12. The van der Waals surface area contributed by atoms with Crippen molar-refractivity contribution < 1.29 is 4.74 Å². The van der Waals surface area contributed by atoms with Crippen molar-refractivity contribution in [3.63, 3.8) is 0 Å². The second kappa shape index (κ2) is 5.38. The fourth-order valence-corrected chi connectivity index (χ4v) is 3.48. The number of para-hydroxylation sites is 1. The molecule has 0 spiro atoms. The highest BCUT2D eigenvalue weighted by molar-refractivity contribution is 7.99. The maximum atomic E-state index is 5.42. The third-order valence-electron chi connectivity index (χ3n) is 3.55. The Bertz CT molecular complexity index is 803. The Labute approximate surface area is 132 Å². The number of ether oxygens (including phenoxy) is 1. The van der Waals surface area contributed by atoms with Crippen LogP contribution in [0.3, 0.4) is 0 Å². The summed E-state index contributed by atoms with van der Waals surface area (Å²) in [7, 11) is 1.66. The minimum absolute atomic E-state index is 0.139. The lowest BCUT2D eigenvalue weighted by molar-refractivity contribution is 0.416. The number of rotatable bonds is 3. The van der Waals surface area contributed by atoms with E-state index >= 15 is 0 Å². The van der Waals surface area contributed by atoms with Gasteiger partial charge in [0.2, 0.25) is 5.16 Å². The van der Waals surface area contributed by atoms with E-state index in [1.165, 1.54) is 5.56 Å². The van der Waals surface area contributed by atoms with Crippen molar-refractivity contribution in [1.82, 2.24) is 14.9 Å². The quantitative estimate of drug-likeness (QED) is 0.804. The Morgan fingerprint density at radius 2 is 1.82 bits per heavy atom. The van der Waals surface area contributed by atoms with Gasteiger partial charge in [0.15, 0.2) is 5.82 Å². The molecule has 1 aliphatic rings. The number of thioether (sulfide) groups is 1. The second-order valence-electron chi connectivity index (χ2n) is 4.88. The molecule has 4 rings (SSSR count). The van der Waals surface area contributed by atoms with Crippen LogP contribution in [0.5, 0.6) is 5.75 Å². The van der Waals surface area contributed by atoms with Crippen LogP contribution < -0.4 is 10.2 Å². The van der Waals surface area contributed by atoms with Crippen molar-refractivity contribution in [2.24, 2.45) is 0 Å². The van der Waals surface area contributed by atoms with Gasteiger partial charge in [0.25, 0.3) is 0 Å². The molecule has 3 aromatic rings. The molecule has 0 bridgehead atoms. The van der Waals surface area contributed by atoms with Crippen molar-refractivity contribution in [2.45, 2.75) is 10.5 Å². The second-order valence-corrected chi connectivity index (χ2v) is 5.95. The highest BCUT2D eigenvalue weighted by atomic mass is 32.2. The third-order valence-corrected chi connectivity index (χ3v) is 4.64. The average Bonchev–Trinajstić information content (AvgIpc) is 3.16. The summed E-state index contributed by atoms with van der Waals surface area (Å²) in [4.78, 5) is 0. The lowest BCUT2D eigenvalue weighted by atomic mass is 10.2. The topological polar surface area (TPSA) is 52.0 Å². The molecule has 0 aliphatic carbocycles. The zero-order valence-corrected chi connectivity index (χ0v) is 12.7. The minimum atomic E-state index is 0.139. The predicted octanol–water partition coefficient (Wildman–Crippen LogP) is 3.30. The van der Waals surface area contributed by atoms with Crippen LogP contribution in [0.4, 0.5) is 0 Å². The van der Waals surface area contributed by atoms with Gasteiger partial charge in [0, 0.05) is 0 Å². The van der Waals surface area contributed by atoms with Crippen LogP contribution >= 0.6 is 11.8 Å². The Morgan fingerprint density at radius 3 is 2.64 bits per heavy atom. The monoisotopic (exact) mass is 310 g/mol. The fraction of sp³-hybridized carbons (Fsp3) is 0.125. The molecule has 1 aromatic heterocycles. The molecule has 0 amide bonds. The van der Waals surface area contributed by atoms with Crippen LogP contribution in [-0.4, -0.2) is 22.0 Å². The first-order valence-corrected chi connectivity index (χ1v) is 7.82. The van der Waals surface area contributed by atoms with Crippen LogP contribution in [0.2, 0.25) is 0 Å². The molecule has 22 heavy (non-hydrogen) atoms. The first-order valence-electron chi connectivity index (χ1n) is 6.94. The lowest BCUT2D eigenvalue weighted by Crippen LogP contribution is -2.13. The number of hydrogen-bond acceptors (Lipinski definition) is 5. The zero-order chi connectivity index (χ0) is 14.9. The van der Waals surface area contributed by atoms with Gasteiger partial charge in [-0.15, -0.1) is 10.2 Å². The summed E-state index contributed by atoms with van der Waals surface area (Å²) in [6.07, 6.45) is 0. The Kier molecular flexibility index (Phi) is 3.23. The van der Waals surface area contributed by atoms with E-state index in [1.807, 2.05) is 47.1 Å². The number of benzene rings is 2. The Balaban J connectivity index is 1.71. The molecule has 5 nitrogen and oxygen atoms in total. The standard InChI is InChI=1S/C16H14N4OS/c1-21-13-10-6-5-9-12(13)14-17-18-16-20(14)19-15(22-16)11-7-3-2-4-8-11/h2-10,15,19H,1H3/t15-/m1/s1. The van der Waals surface area contributed by atoms with Gasteiger partial charge in [0.1, 0.15) is 11.1 Å². The van der Waals surface area contributed by atoms with Crippen LogP contribution in [-0.2, 0) is 0 Å². The van der Waals surface area contributed by atoms with Crippen molar-refractivity contribution in [2.75, 3.05) is 12.5 Å². The maximum Gasteiger partial charge on any atom is 0.212 e. The van der Waals surface area contributed by atoms with Gasteiger partial charge in [-0.25, -0.2) is 4.68 Å². The predicted molar refractivity (Wildman–Crippen MR) is 86.4 cm³/mol. The van der Waals surface area contributed by atoms with Crippen molar-refractivity contribution in [3.05, 3.63) is 60.2 Å². The normalized spacial score (nSPS) is 16.1. The summed E-state index contributed by atoms with van der Waals surface area (Å²) in [5.41, 5.74) is 5.58. The van der Waals surface area contributed by atoms with Crippen molar-refractivity contribution in [3.8, 4) is 17.1 Å². The van der Waals surface area contributed by atoms with Gasteiger partial charge in [-0.05, 0) is 17.7 Å². The van der Waals surface area contributed by atoms with E-state index in [2.05, 4.69) is 27.8 Å². The summed E-state index contributed by atoms with van der Waals surface area (Å²) in [5.74, 6) is 1.55. The molecule has 2 aromatic carbocycles. The molecule has 1 N–H and O–H groups in total. The van der Waals surface area contributed by atoms with E-state index in [4.69, 9.17) is 4.74 Å². The number of methoxy groups -OCH3 is 1. The van der Waals surface area contributed by atoms with E-state index in [1.54, 1.807) is 18.9 Å². The largest absolute Gasteiger partial charge is 0.496 e. The molecule has 0 fully saturated rings. The van der Waals surface area contributed by atoms with E-state index < -0.39 is 0 Å². The number of aromatic nitrogens is 3. The van der Waals surface area contributed by atoms with Gasteiger partial charge in [-0.2, -0.15) is 0 Å². The molecule has 1 aliphatic heterocycles. The van der Waals surface area contributed by atoms with Gasteiger partial charge in [-0.3, -0.25) is 0 Å². The molecule has 110 valence electrons.